The monoisotopic (exact) mass is 412 g/mol. The van der Waals surface area contributed by atoms with Crippen LogP contribution in [0.25, 0.3) is 0 Å². The molecule has 1 fully saturated rings. The lowest BCUT2D eigenvalue weighted by atomic mass is 9.92. The Bertz CT molecular complexity index is 1070. The largest absolute Gasteiger partial charge is 0.366 e. The van der Waals surface area contributed by atoms with Crippen molar-refractivity contribution in [2.75, 3.05) is 11.9 Å². The fraction of sp³-hybridized carbons (Fsp3) is 0.200. The average molecular weight is 413 g/mol. The van der Waals surface area contributed by atoms with Gasteiger partial charge in [0.25, 0.3) is 5.91 Å². The lowest BCUT2D eigenvalue weighted by molar-refractivity contribution is -0.134. The Labute approximate surface area is 171 Å². The molecule has 29 heavy (non-hydrogen) atoms. The van der Waals surface area contributed by atoms with Crippen molar-refractivity contribution < 1.29 is 19.2 Å². The molecule has 4 rings (SSSR count). The van der Waals surface area contributed by atoms with Crippen LogP contribution in [-0.4, -0.2) is 35.2 Å². The lowest BCUT2D eigenvalue weighted by Gasteiger charge is -2.22. The first-order valence-corrected chi connectivity index (χ1v) is 9.31. The van der Waals surface area contributed by atoms with E-state index in [0.717, 1.165) is 16.0 Å². The van der Waals surface area contributed by atoms with Gasteiger partial charge < -0.3 is 16.4 Å². The third kappa shape index (κ3) is 3.11. The highest BCUT2D eigenvalue weighted by molar-refractivity contribution is 6.34. The number of amides is 5. The van der Waals surface area contributed by atoms with Crippen molar-refractivity contribution in [2.45, 2.75) is 18.4 Å². The highest BCUT2D eigenvalue weighted by atomic mass is 35.5. The summed E-state index contributed by atoms with van der Waals surface area (Å²) in [5.41, 5.74) is 6.31. The Morgan fingerprint density at radius 1 is 1.21 bits per heavy atom. The number of imide groups is 1. The first kappa shape index (κ1) is 18.9. The van der Waals surface area contributed by atoms with E-state index in [1.807, 2.05) is 24.3 Å². The van der Waals surface area contributed by atoms with Gasteiger partial charge in [0.15, 0.2) is 0 Å². The van der Waals surface area contributed by atoms with Gasteiger partial charge in [0.05, 0.1) is 10.6 Å². The molecule has 1 heterocycles. The maximum Gasteiger partial charge on any atom is 0.325 e. The Morgan fingerprint density at radius 3 is 2.69 bits per heavy atom. The van der Waals surface area contributed by atoms with Gasteiger partial charge in [0.2, 0.25) is 11.8 Å². The van der Waals surface area contributed by atoms with Gasteiger partial charge in [-0.3, -0.25) is 19.3 Å². The van der Waals surface area contributed by atoms with Crippen LogP contribution in [0.1, 0.15) is 27.9 Å². The fourth-order valence-corrected chi connectivity index (χ4v) is 4.14. The molecule has 8 nitrogen and oxygen atoms in total. The number of hydrogen-bond acceptors (Lipinski definition) is 4. The number of primary amides is 1. The van der Waals surface area contributed by atoms with E-state index in [1.54, 1.807) is 0 Å². The van der Waals surface area contributed by atoms with Crippen LogP contribution in [0.4, 0.5) is 10.5 Å². The standard InChI is InChI=1S/C20H17ClN4O4/c21-15-9-12(5-6-13(15)17(22)27)23-16(26)10-25-18(28)20(24-19(25)29)8-7-11-3-1-2-4-14(11)20/h1-6,9H,7-8,10H2,(H2,22,27)(H,23,26)(H,24,29). The van der Waals surface area contributed by atoms with E-state index >= 15 is 0 Å². The van der Waals surface area contributed by atoms with Crippen LogP contribution in [0.15, 0.2) is 42.5 Å². The molecule has 1 aliphatic carbocycles. The number of benzene rings is 2. The first-order chi connectivity index (χ1) is 13.8. The molecule has 2 aromatic rings. The van der Waals surface area contributed by atoms with Gasteiger partial charge in [-0.2, -0.15) is 0 Å². The van der Waals surface area contributed by atoms with Crippen LogP contribution < -0.4 is 16.4 Å². The molecule has 4 N–H and O–H groups in total. The third-order valence-corrected chi connectivity index (χ3v) is 5.55. The smallest absolute Gasteiger partial charge is 0.325 e. The summed E-state index contributed by atoms with van der Waals surface area (Å²) >= 11 is 5.97. The normalized spacial score (nSPS) is 20.0. The summed E-state index contributed by atoms with van der Waals surface area (Å²) < 4.78 is 0. The number of nitrogens with two attached hydrogens (primary N) is 1. The van der Waals surface area contributed by atoms with Crippen molar-refractivity contribution in [2.24, 2.45) is 5.73 Å². The summed E-state index contributed by atoms with van der Waals surface area (Å²) in [7, 11) is 0. The van der Waals surface area contributed by atoms with Crippen LogP contribution in [0.3, 0.4) is 0 Å². The lowest BCUT2D eigenvalue weighted by Crippen LogP contribution is -2.43. The summed E-state index contributed by atoms with van der Waals surface area (Å²) in [6.07, 6.45) is 1.13. The van der Waals surface area contributed by atoms with Crippen LogP contribution in [0.5, 0.6) is 0 Å². The van der Waals surface area contributed by atoms with Crippen LogP contribution in [0.2, 0.25) is 5.02 Å². The Balaban J connectivity index is 1.50. The van der Waals surface area contributed by atoms with Gasteiger partial charge in [0, 0.05) is 5.69 Å². The van der Waals surface area contributed by atoms with E-state index in [9.17, 15) is 19.2 Å². The fourth-order valence-electron chi connectivity index (χ4n) is 3.87. The number of anilines is 1. The average Bonchev–Trinajstić information content (AvgIpc) is 3.15. The number of carbonyl (C=O) groups excluding carboxylic acids is 4. The maximum atomic E-state index is 13.1. The van der Waals surface area contributed by atoms with Gasteiger partial charge in [-0.25, -0.2) is 4.79 Å². The molecule has 1 saturated heterocycles. The van der Waals surface area contributed by atoms with E-state index in [1.165, 1.54) is 18.2 Å². The second-order valence-corrected chi connectivity index (χ2v) is 7.40. The first-order valence-electron chi connectivity index (χ1n) is 8.93. The number of halogens is 1. The van der Waals surface area contributed by atoms with E-state index < -0.39 is 35.8 Å². The molecule has 9 heteroatoms. The zero-order chi connectivity index (χ0) is 20.8. The number of urea groups is 1. The van der Waals surface area contributed by atoms with E-state index in [2.05, 4.69) is 10.6 Å². The molecule has 0 saturated carbocycles. The Hall–Kier alpha value is -3.39. The van der Waals surface area contributed by atoms with Crippen LogP contribution >= 0.6 is 11.6 Å². The second-order valence-electron chi connectivity index (χ2n) is 6.99. The van der Waals surface area contributed by atoms with Crippen molar-refractivity contribution in [3.63, 3.8) is 0 Å². The highest BCUT2D eigenvalue weighted by Gasteiger charge is 2.55. The van der Waals surface area contributed by atoms with Gasteiger partial charge in [-0.15, -0.1) is 0 Å². The number of hydrogen-bond donors (Lipinski definition) is 3. The summed E-state index contributed by atoms with van der Waals surface area (Å²) in [4.78, 5) is 50.1. The van der Waals surface area contributed by atoms with Gasteiger partial charge in [-0.05, 0) is 42.2 Å². The quantitative estimate of drug-likeness (QED) is 0.662. The molecule has 0 radical (unpaired) electrons. The molecule has 1 aliphatic heterocycles. The molecule has 5 amide bonds. The van der Waals surface area contributed by atoms with Crippen molar-refractivity contribution >= 4 is 41.0 Å². The van der Waals surface area contributed by atoms with Crippen LogP contribution in [0, 0.1) is 0 Å². The van der Waals surface area contributed by atoms with E-state index in [-0.39, 0.29) is 10.6 Å². The number of nitrogens with one attached hydrogen (secondary N) is 2. The van der Waals surface area contributed by atoms with Crippen molar-refractivity contribution in [1.82, 2.24) is 10.2 Å². The molecule has 1 atom stereocenters. The predicted octanol–water partition coefficient (Wildman–Crippen LogP) is 1.77. The maximum absolute atomic E-state index is 13.1. The summed E-state index contributed by atoms with van der Waals surface area (Å²) in [5.74, 6) is -1.70. The SMILES string of the molecule is NC(=O)c1ccc(NC(=O)CN2C(=O)NC3(CCc4ccccc43)C2=O)cc1Cl. The predicted molar refractivity (Wildman–Crippen MR) is 105 cm³/mol. The molecule has 0 aromatic heterocycles. The van der Waals surface area contributed by atoms with Crippen molar-refractivity contribution in [1.29, 1.82) is 0 Å². The Morgan fingerprint density at radius 2 is 1.97 bits per heavy atom. The minimum atomic E-state index is -1.11. The second kappa shape index (κ2) is 6.89. The third-order valence-electron chi connectivity index (χ3n) is 5.24. The molecular weight excluding hydrogens is 396 g/mol. The number of fused-ring (bicyclic) bond motifs is 2. The number of nitrogens with zero attached hydrogens (tertiary/aromatic N) is 1. The number of aryl methyl sites for hydroxylation is 1. The van der Waals surface area contributed by atoms with E-state index in [4.69, 9.17) is 17.3 Å². The van der Waals surface area contributed by atoms with Gasteiger partial charge in [0.1, 0.15) is 12.1 Å². The number of carbonyl (C=O) groups is 4. The minimum absolute atomic E-state index is 0.0896. The molecule has 0 bridgehead atoms. The summed E-state index contributed by atoms with van der Waals surface area (Å²) in [5, 5.41) is 5.42. The topological polar surface area (TPSA) is 122 Å². The minimum Gasteiger partial charge on any atom is -0.366 e. The molecule has 1 spiro atoms. The van der Waals surface area contributed by atoms with Crippen molar-refractivity contribution in [3.8, 4) is 0 Å². The van der Waals surface area contributed by atoms with Gasteiger partial charge >= 0.3 is 6.03 Å². The molecule has 2 aromatic carbocycles. The summed E-state index contributed by atoms with van der Waals surface area (Å²) in [6.45, 7) is -0.441. The van der Waals surface area contributed by atoms with Gasteiger partial charge in [-0.1, -0.05) is 35.9 Å². The zero-order valence-electron chi connectivity index (χ0n) is 15.2. The zero-order valence-corrected chi connectivity index (χ0v) is 16.0. The molecule has 2 aliphatic rings. The molecule has 148 valence electrons. The number of rotatable bonds is 4. The van der Waals surface area contributed by atoms with Crippen molar-refractivity contribution in [3.05, 3.63) is 64.2 Å². The van der Waals surface area contributed by atoms with E-state index in [0.29, 0.717) is 18.5 Å². The Kier molecular flexibility index (Phi) is 4.50. The molecule has 1 unspecified atom stereocenters. The molecular formula is C20H17ClN4O4. The highest BCUT2D eigenvalue weighted by Crippen LogP contribution is 2.41. The van der Waals surface area contributed by atoms with Crippen LogP contribution in [-0.2, 0) is 21.5 Å². The summed E-state index contributed by atoms with van der Waals surface area (Å²) in [6, 6.07) is 11.1.